The van der Waals surface area contributed by atoms with Crippen LogP contribution < -0.4 is 4.74 Å². The van der Waals surface area contributed by atoms with Gasteiger partial charge in [-0.15, -0.1) is 0 Å². The van der Waals surface area contributed by atoms with Gasteiger partial charge in [-0.05, 0) is 24.3 Å². The summed E-state index contributed by atoms with van der Waals surface area (Å²) in [5.41, 5.74) is 1.58. The summed E-state index contributed by atoms with van der Waals surface area (Å²) in [6.45, 7) is 0. The number of para-hydroxylation sites is 1. The Kier molecular flexibility index (Phi) is 3.04. The molecule has 0 spiro atoms. The quantitative estimate of drug-likeness (QED) is 0.670. The van der Waals surface area contributed by atoms with E-state index in [4.69, 9.17) is 4.74 Å². The van der Waals surface area contributed by atoms with E-state index in [-0.39, 0.29) is 11.9 Å². The molecule has 0 aliphatic carbocycles. The lowest BCUT2D eigenvalue weighted by atomic mass is 10.0. The van der Waals surface area contributed by atoms with E-state index in [2.05, 4.69) is 11.8 Å². The summed E-state index contributed by atoms with van der Waals surface area (Å²) in [5.74, 6) is 6.78. The number of ketones is 1. The molecule has 1 aliphatic rings. The zero-order valence-corrected chi connectivity index (χ0v) is 10.3. The van der Waals surface area contributed by atoms with E-state index in [1.54, 1.807) is 6.07 Å². The second-order valence-electron chi connectivity index (χ2n) is 4.37. The maximum absolute atomic E-state index is 12.0. The average Bonchev–Trinajstić information content (AvgIpc) is 2.46. The van der Waals surface area contributed by atoms with Crippen LogP contribution in [0.15, 0.2) is 54.6 Å². The van der Waals surface area contributed by atoms with Crippen molar-refractivity contribution in [3.8, 4) is 17.6 Å². The Morgan fingerprint density at radius 2 is 1.74 bits per heavy atom. The Morgan fingerprint density at radius 3 is 2.58 bits per heavy atom. The third-order valence-corrected chi connectivity index (χ3v) is 2.98. The highest BCUT2D eigenvalue weighted by atomic mass is 16.5. The first-order valence-electron chi connectivity index (χ1n) is 6.18. The summed E-state index contributed by atoms with van der Waals surface area (Å²) in [4.78, 5) is 12.0. The van der Waals surface area contributed by atoms with Gasteiger partial charge < -0.3 is 4.74 Å². The van der Waals surface area contributed by atoms with Gasteiger partial charge >= 0.3 is 0 Å². The topological polar surface area (TPSA) is 26.3 Å². The van der Waals surface area contributed by atoms with Crippen LogP contribution in [0.2, 0.25) is 0 Å². The van der Waals surface area contributed by atoms with Gasteiger partial charge in [-0.3, -0.25) is 4.79 Å². The smallest absolute Gasteiger partial charge is 0.171 e. The fraction of sp³-hybridized carbons (Fsp3) is 0.118. The molecule has 1 aliphatic heterocycles. The Morgan fingerprint density at radius 1 is 1.00 bits per heavy atom. The number of hydrogen-bond donors (Lipinski definition) is 0. The summed E-state index contributed by atoms with van der Waals surface area (Å²) in [5, 5.41) is 0. The van der Waals surface area contributed by atoms with E-state index < -0.39 is 0 Å². The summed E-state index contributed by atoms with van der Waals surface area (Å²) in [6.07, 6.45) is -0.0424. The third-order valence-electron chi connectivity index (χ3n) is 2.98. The lowest BCUT2D eigenvalue weighted by Gasteiger charge is -2.21. The normalized spacial score (nSPS) is 16.8. The number of ether oxygens (including phenoxy) is 1. The lowest BCUT2D eigenvalue weighted by Crippen LogP contribution is -2.25. The van der Waals surface area contributed by atoms with Crippen LogP contribution in [0.1, 0.15) is 22.3 Å². The van der Waals surface area contributed by atoms with Gasteiger partial charge in [0, 0.05) is 5.56 Å². The molecule has 0 bridgehead atoms. The van der Waals surface area contributed by atoms with Gasteiger partial charge in [-0.1, -0.05) is 42.2 Å². The van der Waals surface area contributed by atoms with Gasteiger partial charge in [0.15, 0.2) is 11.9 Å². The number of benzene rings is 2. The van der Waals surface area contributed by atoms with Crippen molar-refractivity contribution in [3.05, 3.63) is 65.7 Å². The first-order chi connectivity index (χ1) is 9.33. The molecule has 0 radical (unpaired) electrons. The summed E-state index contributed by atoms with van der Waals surface area (Å²) >= 11 is 0. The molecular weight excluding hydrogens is 236 g/mol. The molecule has 0 saturated heterocycles. The van der Waals surface area contributed by atoms with Gasteiger partial charge in [0.05, 0.1) is 12.0 Å². The minimum Gasteiger partial charge on any atom is -0.477 e. The standard InChI is InChI=1S/C17H12O2/c18-16-12-14(11-10-13-6-2-1-3-7-13)19-17-9-5-4-8-15(16)17/h1-9,14H,12H2. The zero-order chi connectivity index (χ0) is 13.1. The predicted molar refractivity (Wildman–Crippen MR) is 73.1 cm³/mol. The second kappa shape index (κ2) is 4.99. The fourth-order valence-corrected chi connectivity index (χ4v) is 2.04. The number of fused-ring (bicyclic) bond motifs is 1. The highest BCUT2D eigenvalue weighted by molar-refractivity contribution is 6.00. The number of rotatable bonds is 0. The van der Waals surface area contributed by atoms with Crippen molar-refractivity contribution in [1.29, 1.82) is 0 Å². The van der Waals surface area contributed by atoms with Crippen LogP contribution in [-0.4, -0.2) is 11.9 Å². The third kappa shape index (κ3) is 2.51. The highest BCUT2D eigenvalue weighted by Crippen LogP contribution is 2.26. The van der Waals surface area contributed by atoms with Gasteiger partial charge in [0.2, 0.25) is 0 Å². The molecular formula is C17H12O2. The van der Waals surface area contributed by atoms with Crippen molar-refractivity contribution in [1.82, 2.24) is 0 Å². The molecule has 19 heavy (non-hydrogen) atoms. The molecule has 0 saturated carbocycles. The van der Waals surface area contributed by atoms with Crippen LogP contribution in [0.4, 0.5) is 0 Å². The lowest BCUT2D eigenvalue weighted by molar-refractivity contribution is 0.0900. The molecule has 0 N–H and O–H groups in total. The summed E-state index contributed by atoms with van der Waals surface area (Å²) in [7, 11) is 0. The van der Waals surface area contributed by atoms with Crippen LogP contribution in [0, 0.1) is 11.8 Å². The first-order valence-corrected chi connectivity index (χ1v) is 6.18. The first kappa shape index (κ1) is 11.6. The van der Waals surface area contributed by atoms with E-state index in [0.717, 1.165) is 5.56 Å². The molecule has 0 fully saturated rings. The van der Waals surface area contributed by atoms with Crippen molar-refractivity contribution < 1.29 is 9.53 Å². The van der Waals surface area contributed by atoms with Gasteiger partial charge in [0.1, 0.15) is 5.75 Å². The molecule has 1 atom stereocenters. The average molecular weight is 248 g/mol. The van der Waals surface area contributed by atoms with Crippen molar-refractivity contribution >= 4 is 5.78 Å². The largest absolute Gasteiger partial charge is 0.477 e. The molecule has 0 amide bonds. The van der Waals surface area contributed by atoms with E-state index in [1.807, 2.05) is 48.5 Å². The Labute approximate surface area is 112 Å². The fourth-order valence-electron chi connectivity index (χ4n) is 2.04. The minimum absolute atomic E-state index is 0.0919. The summed E-state index contributed by atoms with van der Waals surface area (Å²) in [6, 6.07) is 17.0. The van der Waals surface area contributed by atoms with Crippen LogP contribution >= 0.6 is 0 Å². The van der Waals surface area contributed by atoms with Crippen LogP contribution in [0.25, 0.3) is 0 Å². The van der Waals surface area contributed by atoms with E-state index in [0.29, 0.717) is 17.7 Å². The summed E-state index contributed by atoms with van der Waals surface area (Å²) < 4.78 is 5.73. The Balaban J connectivity index is 1.83. The van der Waals surface area contributed by atoms with Crippen molar-refractivity contribution in [2.75, 3.05) is 0 Å². The van der Waals surface area contributed by atoms with Crippen LogP contribution in [0.5, 0.6) is 5.75 Å². The van der Waals surface area contributed by atoms with E-state index >= 15 is 0 Å². The Hall–Kier alpha value is -2.53. The van der Waals surface area contributed by atoms with Gasteiger partial charge in [-0.25, -0.2) is 0 Å². The number of carbonyl (C=O) groups excluding carboxylic acids is 1. The molecule has 2 aromatic rings. The van der Waals surface area contributed by atoms with Gasteiger partial charge in [-0.2, -0.15) is 0 Å². The molecule has 1 heterocycles. The van der Waals surface area contributed by atoms with Crippen molar-refractivity contribution in [2.24, 2.45) is 0 Å². The molecule has 2 heteroatoms. The molecule has 2 nitrogen and oxygen atoms in total. The van der Waals surface area contributed by atoms with Crippen molar-refractivity contribution in [2.45, 2.75) is 12.5 Å². The SMILES string of the molecule is O=C1CC(C#Cc2ccccc2)Oc2ccccc21. The maximum atomic E-state index is 12.0. The minimum atomic E-state index is -0.359. The monoisotopic (exact) mass is 248 g/mol. The van der Waals surface area contributed by atoms with E-state index in [9.17, 15) is 4.79 Å². The molecule has 2 aromatic carbocycles. The predicted octanol–water partition coefficient (Wildman–Crippen LogP) is 3.07. The molecule has 92 valence electrons. The zero-order valence-electron chi connectivity index (χ0n) is 10.3. The highest BCUT2D eigenvalue weighted by Gasteiger charge is 2.24. The second-order valence-corrected chi connectivity index (χ2v) is 4.37. The van der Waals surface area contributed by atoms with Crippen LogP contribution in [-0.2, 0) is 0 Å². The number of Topliss-reactive ketones (excluding diaryl/α,β-unsaturated/α-hetero) is 1. The number of carbonyl (C=O) groups is 1. The van der Waals surface area contributed by atoms with Crippen molar-refractivity contribution in [3.63, 3.8) is 0 Å². The maximum Gasteiger partial charge on any atom is 0.171 e. The van der Waals surface area contributed by atoms with E-state index in [1.165, 1.54) is 0 Å². The van der Waals surface area contributed by atoms with Crippen LogP contribution in [0.3, 0.4) is 0 Å². The molecule has 1 unspecified atom stereocenters. The Bertz CT molecular complexity index is 662. The number of hydrogen-bond acceptors (Lipinski definition) is 2. The van der Waals surface area contributed by atoms with Gasteiger partial charge in [0.25, 0.3) is 0 Å². The molecule has 3 rings (SSSR count). The molecule has 0 aromatic heterocycles.